The molecule has 0 aromatic carbocycles. The third-order valence-corrected chi connectivity index (χ3v) is 1.62. The summed E-state index contributed by atoms with van der Waals surface area (Å²) in [5.41, 5.74) is 5.48. The average molecular weight is 154 g/mol. The highest BCUT2D eigenvalue weighted by atomic mass is 16.2. The molecule has 1 heterocycles. The van der Waals surface area contributed by atoms with Crippen molar-refractivity contribution in [2.24, 2.45) is 5.73 Å². The van der Waals surface area contributed by atoms with Gasteiger partial charge >= 0.3 is 0 Å². The second-order valence-electron chi connectivity index (χ2n) is 2.55. The lowest BCUT2D eigenvalue weighted by atomic mass is 10.3. The first-order valence-electron chi connectivity index (χ1n) is 3.36. The fourth-order valence-electron chi connectivity index (χ4n) is 1.04. The summed E-state index contributed by atoms with van der Waals surface area (Å²) in [6, 6.07) is 0. The van der Waals surface area contributed by atoms with E-state index in [0.717, 1.165) is 0 Å². The Morgan fingerprint density at radius 3 is 2.73 bits per heavy atom. The molecular weight excluding hydrogens is 144 g/mol. The molecule has 0 aromatic rings. The highest BCUT2D eigenvalue weighted by Crippen LogP contribution is 2.13. The van der Waals surface area contributed by atoms with Gasteiger partial charge in [-0.05, 0) is 6.42 Å². The zero-order valence-electron chi connectivity index (χ0n) is 6.17. The molecule has 1 fully saturated rings. The summed E-state index contributed by atoms with van der Waals surface area (Å²) in [5.74, 6) is -0.628. The summed E-state index contributed by atoms with van der Waals surface area (Å²) < 4.78 is 0. The standard InChI is InChI=1S/C7H10N2O2/c1-5-2-3-9(7(5)11)4-6(8)10/h1-4H2,(H2,8,10). The Morgan fingerprint density at radius 2 is 2.36 bits per heavy atom. The van der Waals surface area contributed by atoms with Crippen LogP contribution in [-0.4, -0.2) is 29.8 Å². The molecule has 1 saturated heterocycles. The number of likely N-dealkylation sites (tertiary alicyclic amines) is 1. The van der Waals surface area contributed by atoms with Crippen molar-refractivity contribution in [2.75, 3.05) is 13.1 Å². The topological polar surface area (TPSA) is 63.4 Å². The van der Waals surface area contributed by atoms with Gasteiger partial charge in [0.05, 0.1) is 6.54 Å². The minimum absolute atomic E-state index is 0.0118. The summed E-state index contributed by atoms with van der Waals surface area (Å²) in [4.78, 5) is 22.9. The molecule has 0 spiro atoms. The highest BCUT2D eigenvalue weighted by Gasteiger charge is 2.24. The van der Waals surface area contributed by atoms with Crippen LogP contribution in [0.3, 0.4) is 0 Å². The summed E-state index contributed by atoms with van der Waals surface area (Å²) in [6.45, 7) is 4.13. The predicted molar refractivity (Wildman–Crippen MR) is 39.5 cm³/mol. The lowest BCUT2D eigenvalue weighted by Crippen LogP contribution is -2.34. The van der Waals surface area contributed by atoms with E-state index in [1.54, 1.807) is 0 Å². The molecule has 0 atom stereocenters. The van der Waals surface area contributed by atoms with Crippen LogP contribution in [0, 0.1) is 0 Å². The van der Waals surface area contributed by atoms with Gasteiger partial charge in [-0.15, -0.1) is 0 Å². The fourth-order valence-corrected chi connectivity index (χ4v) is 1.04. The Bertz CT molecular complexity index is 222. The summed E-state index contributed by atoms with van der Waals surface area (Å²) in [6.07, 6.45) is 0.645. The van der Waals surface area contributed by atoms with Crippen molar-refractivity contribution in [3.05, 3.63) is 12.2 Å². The normalized spacial score (nSPS) is 17.6. The molecule has 4 nitrogen and oxygen atoms in total. The molecule has 1 aliphatic rings. The molecule has 4 heteroatoms. The van der Waals surface area contributed by atoms with Gasteiger partial charge in [0.1, 0.15) is 0 Å². The number of carbonyl (C=O) groups is 2. The van der Waals surface area contributed by atoms with Gasteiger partial charge in [0.25, 0.3) is 0 Å². The van der Waals surface area contributed by atoms with Crippen LogP contribution in [0.1, 0.15) is 6.42 Å². The summed E-state index contributed by atoms with van der Waals surface area (Å²) >= 11 is 0. The van der Waals surface area contributed by atoms with Gasteiger partial charge in [0, 0.05) is 12.1 Å². The molecule has 0 unspecified atom stereocenters. The van der Waals surface area contributed by atoms with E-state index in [2.05, 4.69) is 6.58 Å². The maximum absolute atomic E-state index is 11.1. The minimum Gasteiger partial charge on any atom is -0.368 e. The number of amides is 2. The second-order valence-corrected chi connectivity index (χ2v) is 2.55. The maximum atomic E-state index is 11.1. The van der Waals surface area contributed by atoms with Gasteiger partial charge in [-0.2, -0.15) is 0 Å². The fraction of sp³-hybridized carbons (Fsp3) is 0.429. The van der Waals surface area contributed by atoms with Gasteiger partial charge in [-0.1, -0.05) is 6.58 Å². The third kappa shape index (κ3) is 1.58. The number of carbonyl (C=O) groups excluding carboxylic acids is 2. The Kier molecular flexibility index (Phi) is 1.94. The summed E-state index contributed by atoms with van der Waals surface area (Å²) in [7, 11) is 0. The quantitative estimate of drug-likeness (QED) is 0.532. The van der Waals surface area contributed by atoms with Crippen LogP contribution >= 0.6 is 0 Å². The smallest absolute Gasteiger partial charge is 0.249 e. The molecule has 11 heavy (non-hydrogen) atoms. The molecule has 0 bridgehead atoms. The van der Waals surface area contributed by atoms with E-state index in [0.29, 0.717) is 18.5 Å². The monoisotopic (exact) mass is 154 g/mol. The Morgan fingerprint density at radius 1 is 1.73 bits per heavy atom. The van der Waals surface area contributed by atoms with Gasteiger partial charge in [0.2, 0.25) is 11.8 Å². The first-order chi connectivity index (χ1) is 5.11. The zero-order valence-corrected chi connectivity index (χ0v) is 6.17. The molecule has 2 amide bonds. The molecule has 1 rings (SSSR count). The van der Waals surface area contributed by atoms with Crippen molar-refractivity contribution in [2.45, 2.75) is 6.42 Å². The highest BCUT2D eigenvalue weighted by molar-refractivity contribution is 5.97. The van der Waals surface area contributed by atoms with Crippen LogP contribution in [0.15, 0.2) is 12.2 Å². The number of nitrogens with zero attached hydrogens (tertiary/aromatic N) is 1. The van der Waals surface area contributed by atoms with Crippen LogP contribution in [0.2, 0.25) is 0 Å². The van der Waals surface area contributed by atoms with Crippen molar-refractivity contribution in [3.8, 4) is 0 Å². The number of primary amides is 1. The van der Waals surface area contributed by atoms with Gasteiger partial charge in [0.15, 0.2) is 0 Å². The van der Waals surface area contributed by atoms with Gasteiger partial charge < -0.3 is 10.6 Å². The lowest BCUT2D eigenvalue weighted by Gasteiger charge is -2.11. The van der Waals surface area contributed by atoms with E-state index >= 15 is 0 Å². The minimum atomic E-state index is -0.479. The van der Waals surface area contributed by atoms with E-state index in [1.807, 2.05) is 0 Å². The third-order valence-electron chi connectivity index (χ3n) is 1.62. The Balaban J connectivity index is 2.55. The number of nitrogens with two attached hydrogens (primary N) is 1. The first-order valence-corrected chi connectivity index (χ1v) is 3.36. The number of hydrogen-bond acceptors (Lipinski definition) is 2. The van der Waals surface area contributed by atoms with Crippen molar-refractivity contribution >= 4 is 11.8 Å². The molecule has 60 valence electrons. The molecule has 0 aromatic heterocycles. The van der Waals surface area contributed by atoms with E-state index in [9.17, 15) is 9.59 Å². The lowest BCUT2D eigenvalue weighted by molar-refractivity contribution is -0.129. The molecule has 0 saturated carbocycles. The molecule has 1 aliphatic heterocycles. The van der Waals surface area contributed by atoms with E-state index < -0.39 is 5.91 Å². The molecule has 0 aliphatic carbocycles. The van der Waals surface area contributed by atoms with Crippen LogP contribution in [-0.2, 0) is 9.59 Å². The van der Waals surface area contributed by atoms with Crippen LogP contribution in [0.25, 0.3) is 0 Å². The summed E-state index contributed by atoms with van der Waals surface area (Å²) in [5, 5.41) is 0. The molecule has 2 N–H and O–H groups in total. The largest absolute Gasteiger partial charge is 0.368 e. The van der Waals surface area contributed by atoms with Gasteiger partial charge in [-0.25, -0.2) is 0 Å². The van der Waals surface area contributed by atoms with E-state index in [4.69, 9.17) is 5.73 Å². The molecular formula is C7H10N2O2. The average Bonchev–Trinajstić information content (AvgIpc) is 2.18. The zero-order chi connectivity index (χ0) is 8.43. The van der Waals surface area contributed by atoms with Gasteiger partial charge in [-0.3, -0.25) is 9.59 Å². The predicted octanol–water partition coefficient (Wildman–Crippen LogP) is -0.740. The SMILES string of the molecule is C=C1CCN(CC(N)=O)C1=O. The van der Waals surface area contributed by atoms with Crippen molar-refractivity contribution in [3.63, 3.8) is 0 Å². The molecule has 0 radical (unpaired) electrons. The van der Waals surface area contributed by atoms with Crippen LogP contribution in [0.5, 0.6) is 0 Å². The first kappa shape index (κ1) is 7.78. The van der Waals surface area contributed by atoms with Crippen LogP contribution < -0.4 is 5.73 Å². The van der Waals surface area contributed by atoms with Crippen LogP contribution in [0.4, 0.5) is 0 Å². The van der Waals surface area contributed by atoms with Crippen molar-refractivity contribution < 1.29 is 9.59 Å². The Labute approximate surface area is 64.7 Å². The maximum Gasteiger partial charge on any atom is 0.249 e. The van der Waals surface area contributed by atoms with E-state index in [1.165, 1.54) is 4.90 Å². The van der Waals surface area contributed by atoms with E-state index in [-0.39, 0.29) is 12.5 Å². The second kappa shape index (κ2) is 2.74. The number of rotatable bonds is 2. The number of hydrogen-bond donors (Lipinski definition) is 1. The Hall–Kier alpha value is -1.32. The van der Waals surface area contributed by atoms with Crippen molar-refractivity contribution in [1.82, 2.24) is 4.90 Å². The van der Waals surface area contributed by atoms with Crippen molar-refractivity contribution in [1.29, 1.82) is 0 Å².